The molecule has 3 aromatic rings. The summed E-state index contributed by atoms with van der Waals surface area (Å²) in [5.41, 5.74) is 1.35. The largest absolute Gasteiger partial charge is 0.454 e. The van der Waals surface area contributed by atoms with Crippen LogP contribution in [-0.4, -0.2) is 41.9 Å². The summed E-state index contributed by atoms with van der Waals surface area (Å²) in [5.74, 6) is -1.05. The maximum absolute atomic E-state index is 13.6. The van der Waals surface area contributed by atoms with Crippen LogP contribution in [-0.2, 0) is 14.3 Å². The number of halogens is 1. The molecular formula is C24H20FN3O6S. The SMILES string of the molecule is Cc1ccc(NC(=O)COC(=O)c2cccnc2SCC(=O)Nc2ccc3c(c2)OCO3)cc1F. The van der Waals surface area contributed by atoms with Gasteiger partial charge in [0, 0.05) is 23.6 Å². The highest BCUT2D eigenvalue weighted by Crippen LogP contribution is 2.34. The van der Waals surface area contributed by atoms with Gasteiger partial charge in [0.2, 0.25) is 12.7 Å². The molecule has 9 nitrogen and oxygen atoms in total. The van der Waals surface area contributed by atoms with Gasteiger partial charge in [-0.15, -0.1) is 0 Å². The van der Waals surface area contributed by atoms with Crippen LogP contribution in [0, 0.1) is 12.7 Å². The van der Waals surface area contributed by atoms with Crippen molar-refractivity contribution in [3.05, 3.63) is 71.7 Å². The molecule has 0 radical (unpaired) electrons. The molecule has 0 saturated carbocycles. The molecular weight excluding hydrogens is 477 g/mol. The first-order valence-electron chi connectivity index (χ1n) is 10.4. The van der Waals surface area contributed by atoms with Crippen LogP contribution in [0.5, 0.6) is 11.5 Å². The van der Waals surface area contributed by atoms with Crippen LogP contribution in [0.4, 0.5) is 15.8 Å². The van der Waals surface area contributed by atoms with E-state index in [9.17, 15) is 18.8 Å². The third-order valence-electron chi connectivity index (χ3n) is 4.78. The van der Waals surface area contributed by atoms with Crippen LogP contribution in [0.15, 0.2) is 59.8 Å². The van der Waals surface area contributed by atoms with Gasteiger partial charge in [-0.3, -0.25) is 9.59 Å². The molecule has 1 aliphatic rings. The molecule has 2 aromatic carbocycles. The fourth-order valence-electron chi connectivity index (χ4n) is 3.04. The van der Waals surface area contributed by atoms with Gasteiger partial charge in [-0.2, -0.15) is 0 Å². The van der Waals surface area contributed by atoms with E-state index < -0.39 is 24.3 Å². The molecule has 11 heteroatoms. The van der Waals surface area contributed by atoms with E-state index in [0.717, 1.165) is 11.8 Å². The number of benzene rings is 2. The number of amides is 2. The monoisotopic (exact) mass is 497 g/mol. The summed E-state index contributed by atoms with van der Waals surface area (Å²) in [5, 5.41) is 5.48. The Kier molecular flexibility index (Phi) is 7.46. The van der Waals surface area contributed by atoms with Crippen molar-refractivity contribution >= 4 is 40.9 Å². The average Bonchev–Trinajstić information content (AvgIpc) is 3.32. The first-order chi connectivity index (χ1) is 16.9. The number of pyridine rings is 1. The van der Waals surface area contributed by atoms with E-state index in [2.05, 4.69) is 15.6 Å². The van der Waals surface area contributed by atoms with E-state index in [1.807, 2.05) is 0 Å². The number of nitrogens with zero attached hydrogens (tertiary/aromatic N) is 1. The number of carbonyl (C=O) groups is 3. The predicted octanol–water partition coefficient (Wildman–Crippen LogP) is 3.78. The minimum absolute atomic E-state index is 0.0226. The molecule has 2 N–H and O–H groups in total. The lowest BCUT2D eigenvalue weighted by Crippen LogP contribution is -2.21. The summed E-state index contributed by atoms with van der Waals surface area (Å²) in [6.07, 6.45) is 1.48. The number of carbonyl (C=O) groups excluding carboxylic acids is 3. The molecule has 4 rings (SSSR count). The topological polar surface area (TPSA) is 116 Å². The van der Waals surface area contributed by atoms with Crippen molar-refractivity contribution < 1.29 is 33.0 Å². The fourth-order valence-corrected chi connectivity index (χ4v) is 3.83. The number of nitrogens with one attached hydrogen (secondary N) is 2. The number of anilines is 2. The molecule has 0 unspecified atom stereocenters. The second-order valence-electron chi connectivity index (χ2n) is 7.35. The van der Waals surface area contributed by atoms with Gasteiger partial charge in [-0.1, -0.05) is 17.8 Å². The number of rotatable bonds is 8. The molecule has 0 fully saturated rings. The Labute approximate surface area is 204 Å². The van der Waals surface area contributed by atoms with Gasteiger partial charge in [0.05, 0.1) is 11.3 Å². The maximum Gasteiger partial charge on any atom is 0.341 e. The molecule has 0 atom stereocenters. The summed E-state index contributed by atoms with van der Waals surface area (Å²) >= 11 is 1.05. The Bertz CT molecular complexity index is 1290. The van der Waals surface area contributed by atoms with Crippen LogP contribution in [0.2, 0.25) is 0 Å². The summed E-state index contributed by atoms with van der Waals surface area (Å²) in [6.45, 7) is 1.17. The molecule has 2 amide bonds. The first-order valence-corrected chi connectivity index (χ1v) is 11.4. The Hall–Kier alpha value is -4.12. The smallest absolute Gasteiger partial charge is 0.341 e. The highest BCUT2D eigenvalue weighted by atomic mass is 32.2. The summed E-state index contributed by atoms with van der Waals surface area (Å²) < 4.78 is 29.2. The zero-order chi connectivity index (χ0) is 24.8. The molecule has 1 aliphatic heterocycles. The van der Waals surface area contributed by atoms with E-state index >= 15 is 0 Å². The van der Waals surface area contributed by atoms with Crippen molar-refractivity contribution in [2.24, 2.45) is 0 Å². The van der Waals surface area contributed by atoms with Crippen LogP contribution in [0.25, 0.3) is 0 Å². The Morgan fingerprint density at radius 1 is 1.03 bits per heavy atom. The minimum Gasteiger partial charge on any atom is -0.454 e. The van der Waals surface area contributed by atoms with Gasteiger partial charge in [-0.25, -0.2) is 14.2 Å². The van der Waals surface area contributed by atoms with Crippen LogP contribution < -0.4 is 20.1 Å². The molecule has 180 valence electrons. The van der Waals surface area contributed by atoms with Crippen molar-refractivity contribution in [1.82, 2.24) is 4.98 Å². The van der Waals surface area contributed by atoms with Crippen molar-refractivity contribution in [3.63, 3.8) is 0 Å². The highest BCUT2D eigenvalue weighted by molar-refractivity contribution is 8.00. The van der Waals surface area contributed by atoms with Crippen molar-refractivity contribution in [1.29, 1.82) is 0 Å². The van der Waals surface area contributed by atoms with Gasteiger partial charge < -0.3 is 24.8 Å². The number of hydrogen-bond acceptors (Lipinski definition) is 8. The summed E-state index contributed by atoms with van der Waals surface area (Å²) in [6, 6.07) is 12.3. The maximum atomic E-state index is 13.6. The average molecular weight is 498 g/mol. The quantitative estimate of drug-likeness (QED) is 0.357. The van der Waals surface area contributed by atoms with Crippen LogP contribution in [0.1, 0.15) is 15.9 Å². The number of hydrogen-bond donors (Lipinski definition) is 2. The molecule has 35 heavy (non-hydrogen) atoms. The number of aryl methyl sites for hydroxylation is 1. The van der Waals surface area contributed by atoms with Gasteiger partial charge in [0.15, 0.2) is 18.1 Å². The standard InChI is InChI=1S/C24H20FN3O6S/c1-14-4-5-15(9-18(14)25)27-21(29)11-32-24(31)17-3-2-8-26-23(17)35-12-22(30)28-16-6-7-19-20(10-16)34-13-33-19/h2-10H,11-13H2,1H3,(H,27,29)(H,28,30). The number of thioether (sulfide) groups is 1. The highest BCUT2D eigenvalue weighted by Gasteiger charge is 2.18. The van der Waals surface area contributed by atoms with E-state index in [0.29, 0.717) is 22.7 Å². The predicted molar refractivity (Wildman–Crippen MR) is 126 cm³/mol. The lowest BCUT2D eigenvalue weighted by Gasteiger charge is -2.10. The third kappa shape index (κ3) is 6.27. The second-order valence-corrected chi connectivity index (χ2v) is 8.31. The van der Waals surface area contributed by atoms with Crippen molar-refractivity contribution in [3.8, 4) is 11.5 Å². The summed E-state index contributed by atoms with van der Waals surface area (Å²) in [7, 11) is 0. The molecule has 0 aliphatic carbocycles. The van der Waals surface area contributed by atoms with Crippen LogP contribution >= 0.6 is 11.8 Å². The first kappa shape index (κ1) is 24.0. The lowest BCUT2D eigenvalue weighted by molar-refractivity contribution is -0.119. The zero-order valence-electron chi connectivity index (χ0n) is 18.5. The van der Waals surface area contributed by atoms with Gasteiger partial charge in [0.1, 0.15) is 10.8 Å². The van der Waals surface area contributed by atoms with Gasteiger partial charge >= 0.3 is 5.97 Å². The van der Waals surface area contributed by atoms with Gasteiger partial charge in [-0.05, 0) is 48.9 Å². The van der Waals surface area contributed by atoms with E-state index in [1.165, 1.54) is 24.4 Å². The zero-order valence-corrected chi connectivity index (χ0v) is 19.3. The Morgan fingerprint density at radius 2 is 1.77 bits per heavy atom. The number of esters is 1. The summed E-state index contributed by atoms with van der Waals surface area (Å²) in [4.78, 5) is 41.1. The Balaban J connectivity index is 1.29. The van der Waals surface area contributed by atoms with Crippen molar-refractivity contribution in [2.45, 2.75) is 11.9 Å². The van der Waals surface area contributed by atoms with E-state index in [-0.39, 0.29) is 34.7 Å². The Morgan fingerprint density at radius 3 is 2.60 bits per heavy atom. The molecule has 1 aromatic heterocycles. The lowest BCUT2D eigenvalue weighted by atomic mass is 10.2. The molecule has 0 bridgehead atoms. The number of ether oxygens (including phenoxy) is 3. The number of aromatic nitrogens is 1. The van der Waals surface area contributed by atoms with Gasteiger partial charge in [0.25, 0.3) is 5.91 Å². The molecule has 0 spiro atoms. The normalized spacial score (nSPS) is 11.6. The third-order valence-corrected chi connectivity index (χ3v) is 5.78. The molecule has 2 heterocycles. The molecule has 0 saturated heterocycles. The minimum atomic E-state index is -0.776. The van der Waals surface area contributed by atoms with E-state index in [4.69, 9.17) is 14.2 Å². The van der Waals surface area contributed by atoms with Crippen LogP contribution in [0.3, 0.4) is 0 Å². The second kappa shape index (κ2) is 10.9. The van der Waals surface area contributed by atoms with Crippen molar-refractivity contribution in [2.75, 3.05) is 29.8 Å². The number of fused-ring (bicyclic) bond motifs is 1. The fraction of sp³-hybridized carbons (Fsp3) is 0.167. The van der Waals surface area contributed by atoms with E-state index in [1.54, 1.807) is 37.3 Å².